The van der Waals surface area contributed by atoms with Crippen LogP contribution in [0.15, 0.2) is 30.3 Å². The Morgan fingerprint density at radius 2 is 2.12 bits per heavy atom. The largest absolute Gasteiger partial charge is 0.464 e. The summed E-state index contributed by atoms with van der Waals surface area (Å²) in [7, 11) is 0. The van der Waals surface area contributed by atoms with E-state index < -0.39 is 0 Å². The Bertz CT molecular complexity index is 354. The first-order valence-electron chi connectivity index (χ1n) is 5.21. The number of para-hydroxylation sites is 1. The first kappa shape index (κ1) is 12.1. The number of terminal acetylenes is 1. The van der Waals surface area contributed by atoms with Gasteiger partial charge in [0.2, 0.25) is 0 Å². The van der Waals surface area contributed by atoms with E-state index in [0.29, 0.717) is 26.0 Å². The Balaban J connectivity index is 2.08. The SMILES string of the molecule is C#CCCC(=O)OCCNc1ccccc1. The quantitative estimate of drug-likeness (QED) is 0.450. The Morgan fingerprint density at radius 1 is 1.38 bits per heavy atom. The lowest BCUT2D eigenvalue weighted by Crippen LogP contribution is -2.13. The van der Waals surface area contributed by atoms with Crippen molar-refractivity contribution in [3.8, 4) is 12.3 Å². The minimum Gasteiger partial charge on any atom is -0.464 e. The Kier molecular flexibility index (Phi) is 5.57. The first-order valence-corrected chi connectivity index (χ1v) is 5.21. The highest BCUT2D eigenvalue weighted by Gasteiger charge is 2.00. The van der Waals surface area contributed by atoms with Crippen molar-refractivity contribution in [1.82, 2.24) is 0 Å². The molecule has 0 aliphatic carbocycles. The fraction of sp³-hybridized carbons (Fsp3) is 0.308. The summed E-state index contributed by atoms with van der Waals surface area (Å²) in [6, 6.07) is 9.76. The smallest absolute Gasteiger partial charge is 0.306 e. The van der Waals surface area contributed by atoms with Gasteiger partial charge >= 0.3 is 5.97 Å². The van der Waals surface area contributed by atoms with Gasteiger partial charge in [0.05, 0.1) is 6.42 Å². The van der Waals surface area contributed by atoms with Gasteiger partial charge in [-0.2, -0.15) is 0 Å². The van der Waals surface area contributed by atoms with Crippen LogP contribution in [-0.4, -0.2) is 19.1 Å². The minimum absolute atomic E-state index is 0.243. The molecule has 1 N–H and O–H groups in total. The first-order chi connectivity index (χ1) is 7.83. The Morgan fingerprint density at radius 3 is 2.81 bits per heavy atom. The summed E-state index contributed by atoms with van der Waals surface area (Å²) in [5.41, 5.74) is 1.02. The van der Waals surface area contributed by atoms with Crippen LogP contribution < -0.4 is 5.32 Å². The highest BCUT2D eigenvalue weighted by atomic mass is 16.5. The van der Waals surface area contributed by atoms with E-state index in [1.165, 1.54) is 0 Å². The molecule has 0 aromatic heterocycles. The van der Waals surface area contributed by atoms with Crippen LogP contribution in [-0.2, 0) is 9.53 Å². The fourth-order valence-electron chi connectivity index (χ4n) is 1.16. The van der Waals surface area contributed by atoms with Gasteiger partial charge in [-0.1, -0.05) is 18.2 Å². The number of hydrogen-bond donors (Lipinski definition) is 1. The predicted octanol–water partition coefficient (Wildman–Crippen LogP) is 2.06. The number of ether oxygens (including phenoxy) is 1. The van der Waals surface area contributed by atoms with Crippen molar-refractivity contribution in [3.05, 3.63) is 30.3 Å². The number of carbonyl (C=O) groups is 1. The molecule has 0 aliphatic heterocycles. The van der Waals surface area contributed by atoms with Crippen LogP contribution >= 0.6 is 0 Å². The van der Waals surface area contributed by atoms with Crippen LogP contribution in [0.25, 0.3) is 0 Å². The van der Waals surface area contributed by atoms with Crippen LogP contribution in [0.5, 0.6) is 0 Å². The molecule has 0 amide bonds. The lowest BCUT2D eigenvalue weighted by atomic mass is 10.3. The van der Waals surface area contributed by atoms with Crippen LogP contribution in [0, 0.1) is 12.3 Å². The minimum atomic E-state index is -0.243. The average Bonchev–Trinajstić information content (AvgIpc) is 2.33. The molecule has 0 fully saturated rings. The standard InChI is InChI=1S/C13H15NO2/c1-2-3-9-13(15)16-11-10-14-12-7-5-4-6-8-12/h1,4-8,14H,3,9-11H2. The maximum atomic E-state index is 11.1. The molecular formula is C13H15NO2. The molecule has 0 heterocycles. The normalized spacial score (nSPS) is 9.19. The van der Waals surface area contributed by atoms with Gasteiger partial charge in [0, 0.05) is 18.7 Å². The molecule has 0 spiro atoms. The van der Waals surface area contributed by atoms with Gasteiger partial charge in [0.25, 0.3) is 0 Å². The third-order valence-electron chi connectivity index (χ3n) is 1.94. The number of esters is 1. The highest BCUT2D eigenvalue weighted by molar-refractivity contribution is 5.69. The third-order valence-corrected chi connectivity index (χ3v) is 1.94. The van der Waals surface area contributed by atoms with E-state index in [9.17, 15) is 4.79 Å². The number of carbonyl (C=O) groups excluding carboxylic acids is 1. The number of benzene rings is 1. The van der Waals surface area contributed by atoms with Crippen molar-refractivity contribution >= 4 is 11.7 Å². The van der Waals surface area contributed by atoms with Gasteiger partial charge in [-0.05, 0) is 12.1 Å². The van der Waals surface area contributed by atoms with E-state index in [0.717, 1.165) is 5.69 Å². The van der Waals surface area contributed by atoms with Crippen molar-refractivity contribution in [3.63, 3.8) is 0 Å². The second-order valence-electron chi connectivity index (χ2n) is 3.22. The summed E-state index contributed by atoms with van der Waals surface area (Å²) in [4.78, 5) is 11.1. The lowest BCUT2D eigenvalue weighted by molar-refractivity contribution is -0.143. The van der Waals surface area contributed by atoms with E-state index in [4.69, 9.17) is 11.2 Å². The molecular weight excluding hydrogens is 202 g/mol. The van der Waals surface area contributed by atoms with E-state index in [2.05, 4.69) is 11.2 Å². The van der Waals surface area contributed by atoms with Crippen LogP contribution in [0.1, 0.15) is 12.8 Å². The molecule has 1 rings (SSSR count). The van der Waals surface area contributed by atoms with Crippen LogP contribution in [0.3, 0.4) is 0 Å². The predicted molar refractivity (Wildman–Crippen MR) is 64.0 cm³/mol. The van der Waals surface area contributed by atoms with Gasteiger partial charge in [0.15, 0.2) is 0 Å². The summed E-state index contributed by atoms with van der Waals surface area (Å²) >= 11 is 0. The topological polar surface area (TPSA) is 38.3 Å². The van der Waals surface area contributed by atoms with Gasteiger partial charge in [0.1, 0.15) is 6.61 Å². The zero-order valence-electron chi connectivity index (χ0n) is 9.11. The molecule has 16 heavy (non-hydrogen) atoms. The maximum Gasteiger partial charge on any atom is 0.306 e. The molecule has 1 aromatic carbocycles. The van der Waals surface area contributed by atoms with Crippen LogP contribution in [0.4, 0.5) is 5.69 Å². The van der Waals surface area contributed by atoms with Gasteiger partial charge < -0.3 is 10.1 Å². The maximum absolute atomic E-state index is 11.1. The lowest BCUT2D eigenvalue weighted by Gasteiger charge is -2.06. The molecule has 0 unspecified atom stereocenters. The third kappa shape index (κ3) is 5.06. The van der Waals surface area contributed by atoms with E-state index >= 15 is 0 Å². The second-order valence-corrected chi connectivity index (χ2v) is 3.22. The average molecular weight is 217 g/mol. The molecule has 0 saturated heterocycles. The molecule has 3 nitrogen and oxygen atoms in total. The summed E-state index contributed by atoms with van der Waals surface area (Å²) in [5, 5.41) is 3.14. The summed E-state index contributed by atoms with van der Waals surface area (Å²) in [6.07, 6.45) is 5.77. The Hall–Kier alpha value is -1.95. The second kappa shape index (κ2) is 7.36. The monoisotopic (exact) mass is 217 g/mol. The number of hydrogen-bond acceptors (Lipinski definition) is 3. The Labute approximate surface area is 95.8 Å². The number of nitrogens with one attached hydrogen (secondary N) is 1. The molecule has 0 radical (unpaired) electrons. The molecule has 84 valence electrons. The van der Waals surface area contributed by atoms with Crippen molar-refractivity contribution in [2.24, 2.45) is 0 Å². The zero-order valence-corrected chi connectivity index (χ0v) is 9.11. The van der Waals surface area contributed by atoms with Crippen molar-refractivity contribution in [1.29, 1.82) is 0 Å². The molecule has 1 aromatic rings. The molecule has 3 heteroatoms. The van der Waals surface area contributed by atoms with Gasteiger partial charge in [-0.3, -0.25) is 4.79 Å². The molecule has 0 aliphatic rings. The van der Waals surface area contributed by atoms with E-state index in [1.54, 1.807) is 0 Å². The zero-order chi connectivity index (χ0) is 11.6. The van der Waals surface area contributed by atoms with E-state index in [1.807, 2.05) is 30.3 Å². The van der Waals surface area contributed by atoms with Crippen molar-refractivity contribution in [2.75, 3.05) is 18.5 Å². The molecule has 0 saturated carbocycles. The molecule has 0 bridgehead atoms. The summed E-state index contributed by atoms with van der Waals surface area (Å²) in [5.74, 6) is 2.16. The fourth-order valence-corrected chi connectivity index (χ4v) is 1.16. The highest BCUT2D eigenvalue weighted by Crippen LogP contribution is 2.03. The number of rotatable bonds is 6. The summed E-state index contributed by atoms with van der Waals surface area (Å²) < 4.78 is 4.97. The van der Waals surface area contributed by atoms with Crippen molar-refractivity contribution in [2.45, 2.75) is 12.8 Å². The number of anilines is 1. The van der Waals surface area contributed by atoms with Gasteiger partial charge in [-0.15, -0.1) is 12.3 Å². The summed E-state index contributed by atoms with van der Waals surface area (Å²) in [6.45, 7) is 0.962. The van der Waals surface area contributed by atoms with E-state index in [-0.39, 0.29) is 5.97 Å². The van der Waals surface area contributed by atoms with Gasteiger partial charge in [-0.25, -0.2) is 0 Å². The van der Waals surface area contributed by atoms with Crippen molar-refractivity contribution < 1.29 is 9.53 Å². The van der Waals surface area contributed by atoms with Crippen LogP contribution in [0.2, 0.25) is 0 Å². The molecule has 0 atom stereocenters.